The van der Waals surface area contributed by atoms with Gasteiger partial charge in [0.2, 0.25) is 0 Å². The summed E-state index contributed by atoms with van der Waals surface area (Å²) in [4.78, 5) is 2.25. The average molecular weight is 302 g/mol. The number of nitrogens with zero attached hydrogens (tertiary/aromatic N) is 1. The molecule has 5 heteroatoms. The van der Waals surface area contributed by atoms with Crippen molar-refractivity contribution in [2.45, 2.75) is 25.9 Å². The fraction of sp³-hybridized carbons (Fsp3) is 0.600. The van der Waals surface area contributed by atoms with Crippen molar-refractivity contribution in [1.82, 2.24) is 4.90 Å². The van der Waals surface area contributed by atoms with Gasteiger partial charge in [-0.25, -0.2) is 4.39 Å². The molecule has 0 amide bonds. The van der Waals surface area contributed by atoms with Gasteiger partial charge in [-0.05, 0) is 44.0 Å². The van der Waals surface area contributed by atoms with Gasteiger partial charge < -0.3 is 14.7 Å². The number of piperidine rings is 1. The first-order chi connectivity index (χ1) is 9.54. The van der Waals surface area contributed by atoms with E-state index in [1.54, 1.807) is 6.07 Å². The molecule has 1 aromatic rings. The highest BCUT2D eigenvalue weighted by atomic mass is 35.5. The van der Waals surface area contributed by atoms with E-state index in [0.29, 0.717) is 12.3 Å². The number of halogens is 2. The number of aliphatic hydroxyl groups is 1. The number of likely N-dealkylation sites (tertiary alicyclic amines) is 1. The normalized spacial score (nSPS) is 19.0. The fourth-order valence-corrected chi connectivity index (χ4v) is 2.47. The maximum Gasteiger partial charge on any atom is 0.145 e. The average Bonchev–Trinajstić information content (AvgIpc) is 2.43. The first-order valence-corrected chi connectivity index (χ1v) is 7.40. The zero-order valence-electron chi connectivity index (χ0n) is 11.7. The van der Waals surface area contributed by atoms with E-state index in [9.17, 15) is 9.50 Å². The van der Waals surface area contributed by atoms with Gasteiger partial charge in [0, 0.05) is 12.6 Å². The second-order valence-corrected chi connectivity index (χ2v) is 5.93. The van der Waals surface area contributed by atoms with Crippen LogP contribution in [0.4, 0.5) is 4.39 Å². The Hall–Kier alpha value is -0.840. The lowest BCUT2D eigenvalue weighted by molar-refractivity contribution is 0.0562. The van der Waals surface area contributed by atoms with Crippen LogP contribution in [0.25, 0.3) is 0 Å². The number of ether oxygens (including phenoxy) is 1. The summed E-state index contributed by atoms with van der Waals surface area (Å²) in [5.41, 5.74) is 0. The number of rotatable bonds is 5. The van der Waals surface area contributed by atoms with Crippen molar-refractivity contribution >= 4 is 11.6 Å². The molecule has 3 nitrogen and oxygen atoms in total. The molecule has 1 aliphatic heterocycles. The van der Waals surface area contributed by atoms with Crippen molar-refractivity contribution in [3.63, 3.8) is 0 Å². The highest BCUT2D eigenvalue weighted by Gasteiger charge is 2.18. The molecule has 1 atom stereocenters. The third kappa shape index (κ3) is 4.62. The smallest absolute Gasteiger partial charge is 0.145 e. The maximum absolute atomic E-state index is 13.2. The van der Waals surface area contributed by atoms with Crippen LogP contribution < -0.4 is 4.74 Å². The van der Waals surface area contributed by atoms with Crippen LogP contribution in [0.2, 0.25) is 5.02 Å². The molecule has 112 valence electrons. The van der Waals surface area contributed by atoms with Gasteiger partial charge >= 0.3 is 0 Å². The van der Waals surface area contributed by atoms with Crippen LogP contribution in [0.3, 0.4) is 0 Å². The van der Waals surface area contributed by atoms with Crippen LogP contribution in [-0.4, -0.2) is 42.4 Å². The minimum Gasteiger partial charge on any atom is -0.491 e. The molecule has 1 fully saturated rings. The van der Waals surface area contributed by atoms with E-state index in [0.717, 1.165) is 19.0 Å². The minimum atomic E-state index is -0.567. The van der Waals surface area contributed by atoms with E-state index in [4.69, 9.17) is 16.3 Å². The fourth-order valence-electron chi connectivity index (χ4n) is 2.35. The summed E-state index contributed by atoms with van der Waals surface area (Å²) in [5, 5.41) is 10.0. The van der Waals surface area contributed by atoms with Crippen molar-refractivity contribution in [3.8, 4) is 5.75 Å². The van der Waals surface area contributed by atoms with Crippen LogP contribution in [-0.2, 0) is 0 Å². The Morgan fingerprint density at radius 2 is 2.15 bits per heavy atom. The van der Waals surface area contributed by atoms with Crippen LogP contribution in [0, 0.1) is 11.7 Å². The van der Waals surface area contributed by atoms with Gasteiger partial charge in [0.25, 0.3) is 0 Å². The first-order valence-electron chi connectivity index (χ1n) is 7.03. The molecule has 0 spiro atoms. The van der Waals surface area contributed by atoms with Crippen molar-refractivity contribution in [2.24, 2.45) is 5.92 Å². The van der Waals surface area contributed by atoms with Crippen molar-refractivity contribution < 1.29 is 14.2 Å². The van der Waals surface area contributed by atoms with Crippen molar-refractivity contribution in [1.29, 1.82) is 0 Å². The SMILES string of the molecule is CC1CCN(CC(O)COc2ccc(Cl)c(F)c2)CC1. The summed E-state index contributed by atoms with van der Waals surface area (Å²) in [5.74, 6) is 0.651. The standard InChI is InChI=1S/C15H21ClFNO2/c1-11-4-6-18(7-5-11)9-12(19)10-20-13-2-3-14(16)15(17)8-13/h2-3,8,11-12,19H,4-7,9-10H2,1H3. The Morgan fingerprint density at radius 1 is 1.45 bits per heavy atom. The topological polar surface area (TPSA) is 32.7 Å². The largest absolute Gasteiger partial charge is 0.491 e. The van der Waals surface area contributed by atoms with Gasteiger partial charge in [-0.15, -0.1) is 0 Å². The molecule has 0 radical (unpaired) electrons. The van der Waals surface area contributed by atoms with Crippen LogP contribution in [0.15, 0.2) is 18.2 Å². The number of aliphatic hydroxyl groups excluding tert-OH is 1. The van der Waals surface area contributed by atoms with Crippen LogP contribution in [0.1, 0.15) is 19.8 Å². The first kappa shape index (κ1) is 15.5. The summed E-state index contributed by atoms with van der Waals surface area (Å²) in [6, 6.07) is 4.28. The van der Waals surface area contributed by atoms with Crippen LogP contribution in [0.5, 0.6) is 5.75 Å². The molecule has 0 aromatic heterocycles. The molecule has 20 heavy (non-hydrogen) atoms. The lowest BCUT2D eigenvalue weighted by Gasteiger charge is -2.31. The maximum atomic E-state index is 13.2. The molecule has 0 bridgehead atoms. The highest BCUT2D eigenvalue weighted by molar-refractivity contribution is 6.30. The molecule has 1 aliphatic rings. The predicted octanol–water partition coefficient (Wildman–Crippen LogP) is 2.95. The van der Waals surface area contributed by atoms with Gasteiger partial charge in [0.1, 0.15) is 24.3 Å². The van der Waals surface area contributed by atoms with Gasteiger partial charge in [-0.3, -0.25) is 0 Å². The summed E-state index contributed by atoms with van der Waals surface area (Å²) < 4.78 is 18.6. The molecule has 1 saturated heterocycles. The van der Waals surface area contributed by atoms with E-state index < -0.39 is 11.9 Å². The minimum absolute atomic E-state index is 0.0698. The molecule has 1 aromatic carbocycles. The number of benzene rings is 1. The van der Waals surface area contributed by atoms with Gasteiger partial charge in [0.15, 0.2) is 0 Å². The molecule has 2 rings (SSSR count). The zero-order valence-corrected chi connectivity index (χ0v) is 12.4. The van der Waals surface area contributed by atoms with E-state index in [1.165, 1.54) is 25.0 Å². The summed E-state index contributed by atoms with van der Waals surface area (Å²) in [6.45, 7) is 5.06. The van der Waals surface area contributed by atoms with Gasteiger partial charge in [-0.1, -0.05) is 18.5 Å². The molecule has 0 aliphatic carbocycles. The van der Waals surface area contributed by atoms with Crippen LogP contribution >= 0.6 is 11.6 Å². The molecule has 1 unspecified atom stereocenters. The molecular formula is C15H21ClFNO2. The number of hydrogen-bond acceptors (Lipinski definition) is 3. The van der Waals surface area contributed by atoms with Gasteiger partial charge in [-0.2, -0.15) is 0 Å². The van der Waals surface area contributed by atoms with E-state index in [2.05, 4.69) is 11.8 Å². The van der Waals surface area contributed by atoms with E-state index in [1.807, 2.05) is 0 Å². The number of hydrogen-bond donors (Lipinski definition) is 1. The number of β-amino-alcohol motifs (C(OH)–C–C–N with tert-alkyl or cyclic N) is 1. The Labute approximate surface area is 124 Å². The third-order valence-corrected chi connectivity index (χ3v) is 3.99. The second-order valence-electron chi connectivity index (χ2n) is 5.52. The molecule has 0 saturated carbocycles. The Morgan fingerprint density at radius 3 is 2.80 bits per heavy atom. The highest BCUT2D eigenvalue weighted by Crippen LogP contribution is 2.20. The molecule has 1 N–H and O–H groups in total. The molecular weight excluding hydrogens is 281 g/mol. The summed E-state index contributed by atoms with van der Waals surface area (Å²) in [7, 11) is 0. The Kier molecular flexibility index (Phi) is 5.64. The third-order valence-electron chi connectivity index (χ3n) is 3.68. The Bertz CT molecular complexity index is 436. The molecule has 1 heterocycles. The van der Waals surface area contributed by atoms with Gasteiger partial charge in [0.05, 0.1) is 5.02 Å². The van der Waals surface area contributed by atoms with E-state index in [-0.39, 0.29) is 11.6 Å². The summed E-state index contributed by atoms with van der Waals surface area (Å²) in [6.07, 6.45) is 1.79. The lowest BCUT2D eigenvalue weighted by Crippen LogP contribution is -2.40. The Balaban J connectivity index is 1.74. The lowest BCUT2D eigenvalue weighted by atomic mass is 9.99. The van der Waals surface area contributed by atoms with E-state index >= 15 is 0 Å². The zero-order chi connectivity index (χ0) is 14.5. The van der Waals surface area contributed by atoms with Crippen molar-refractivity contribution in [3.05, 3.63) is 29.0 Å². The predicted molar refractivity (Wildman–Crippen MR) is 77.7 cm³/mol. The van der Waals surface area contributed by atoms with Crippen molar-refractivity contribution in [2.75, 3.05) is 26.2 Å². The monoisotopic (exact) mass is 301 g/mol. The quantitative estimate of drug-likeness (QED) is 0.907. The second kappa shape index (κ2) is 7.25. The summed E-state index contributed by atoms with van der Waals surface area (Å²) >= 11 is 5.60.